The van der Waals surface area contributed by atoms with Crippen LogP contribution in [0.4, 0.5) is 0 Å². The largest absolute Gasteiger partial charge is 0.462 e. The summed E-state index contributed by atoms with van der Waals surface area (Å²) in [6, 6.07) is 0. The Morgan fingerprint density at radius 3 is 1.11 bits per heavy atom. The minimum atomic E-state index is -0.789. The highest BCUT2D eigenvalue weighted by Gasteiger charge is 2.19. The molecular weight excluding hydrogens is 757 g/mol. The molecule has 0 aromatic carbocycles. The summed E-state index contributed by atoms with van der Waals surface area (Å²) in [5.41, 5.74) is 0. The summed E-state index contributed by atoms with van der Waals surface area (Å²) in [6.45, 7) is 6.44. The average Bonchev–Trinajstić information content (AvgIpc) is 3.26. The Kier molecular flexibility index (Phi) is 46.9. The third-order valence-corrected chi connectivity index (χ3v) is 10.7. The molecular formula is C55H94O6. The maximum absolute atomic E-state index is 12.8. The lowest BCUT2D eigenvalue weighted by Crippen LogP contribution is -2.30. The molecule has 61 heavy (non-hydrogen) atoms. The van der Waals surface area contributed by atoms with Gasteiger partial charge in [-0.05, 0) is 103 Å². The molecule has 6 nitrogen and oxygen atoms in total. The molecule has 0 amide bonds. The SMILES string of the molecule is CC/C=C\C/C=C\C/C=C\CCCCCCCCC(=O)OCC(COC(=O)CCCCCCC/C=C\CCCCC)OC(=O)CCCCCCCC/C=C\C=C/CCCCC. The Bertz CT molecular complexity index is 1160. The van der Waals surface area contributed by atoms with E-state index in [1.165, 1.54) is 96.3 Å². The zero-order chi connectivity index (χ0) is 44.4. The van der Waals surface area contributed by atoms with Crippen molar-refractivity contribution in [2.24, 2.45) is 0 Å². The van der Waals surface area contributed by atoms with Crippen molar-refractivity contribution in [3.63, 3.8) is 0 Å². The lowest BCUT2D eigenvalue weighted by atomic mass is 10.1. The first-order valence-electron chi connectivity index (χ1n) is 25.5. The summed E-state index contributed by atoms with van der Waals surface area (Å²) in [4.78, 5) is 37.9. The average molecular weight is 851 g/mol. The second kappa shape index (κ2) is 49.5. The zero-order valence-electron chi connectivity index (χ0n) is 39.9. The van der Waals surface area contributed by atoms with E-state index < -0.39 is 6.10 Å². The van der Waals surface area contributed by atoms with Crippen LogP contribution in [-0.4, -0.2) is 37.2 Å². The third kappa shape index (κ3) is 47.7. The molecule has 0 saturated carbocycles. The molecule has 0 radical (unpaired) electrons. The number of hydrogen-bond acceptors (Lipinski definition) is 6. The lowest BCUT2D eigenvalue weighted by Gasteiger charge is -2.18. The molecule has 0 N–H and O–H groups in total. The molecule has 0 aromatic rings. The van der Waals surface area contributed by atoms with Gasteiger partial charge in [0.1, 0.15) is 13.2 Å². The molecule has 350 valence electrons. The smallest absolute Gasteiger partial charge is 0.306 e. The van der Waals surface area contributed by atoms with Gasteiger partial charge in [0.2, 0.25) is 0 Å². The number of carbonyl (C=O) groups is 3. The third-order valence-electron chi connectivity index (χ3n) is 10.7. The topological polar surface area (TPSA) is 78.9 Å². The number of hydrogen-bond donors (Lipinski definition) is 0. The van der Waals surface area contributed by atoms with E-state index in [4.69, 9.17) is 14.2 Å². The second-order valence-electron chi connectivity index (χ2n) is 16.7. The van der Waals surface area contributed by atoms with Crippen LogP contribution in [-0.2, 0) is 28.6 Å². The van der Waals surface area contributed by atoms with E-state index in [2.05, 4.69) is 93.7 Å². The summed E-state index contributed by atoms with van der Waals surface area (Å²) in [5, 5.41) is 0. The fourth-order valence-electron chi connectivity index (χ4n) is 6.85. The van der Waals surface area contributed by atoms with E-state index in [0.717, 1.165) is 103 Å². The van der Waals surface area contributed by atoms with Crippen molar-refractivity contribution in [2.75, 3.05) is 13.2 Å². The van der Waals surface area contributed by atoms with Crippen molar-refractivity contribution in [2.45, 2.75) is 245 Å². The Morgan fingerprint density at radius 1 is 0.361 bits per heavy atom. The van der Waals surface area contributed by atoms with Crippen molar-refractivity contribution in [3.8, 4) is 0 Å². The molecule has 0 saturated heterocycles. The second-order valence-corrected chi connectivity index (χ2v) is 16.7. The van der Waals surface area contributed by atoms with E-state index in [-0.39, 0.29) is 31.1 Å². The van der Waals surface area contributed by atoms with Crippen LogP contribution in [0.15, 0.2) is 72.9 Å². The van der Waals surface area contributed by atoms with Crippen molar-refractivity contribution < 1.29 is 28.6 Å². The van der Waals surface area contributed by atoms with Gasteiger partial charge in [-0.2, -0.15) is 0 Å². The molecule has 0 aliphatic rings. The highest BCUT2D eigenvalue weighted by atomic mass is 16.6. The van der Waals surface area contributed by atoms with Gasteiger partial charge in [0.15, 0.2) is 6.10 Å². The zero-order valence-corrected chi connectivity index (χ0v) is 39.9. The van der Waals surface area contributed by atoms with Gasteiger partial charge in [-0.15, -0.1) is 0 Å². The fourth-order valence-corrected chi connectivity index (χ4v) is 6.85. The van der Waals surface area contributed by atoms with Crippen molar-refractivity contribution in [3.05, 3.63) is 72.9 Å². The number of rotatable bonds is 45. The summed E-state index contributed by atoms with van der Waals surface area (Å²) in [5.74, 6) is -0.922. The van der Waals surface area contributed by atoms with Gasteiger partial charge in [-0.3, -0.25) is 14.4 Å². The van der Waals surface area contributed by atoms with Crippen LogP contribution in [0.2, 0.25) is 0 Å². The normalized spacial score (nSPS) is 12.6. The van der Waals surface area contributed by atoms with Crippen molar-refractivity contribution >= 4 is 17.9 Å². The van der Waals surface area contributed by atoms with Gasteiger partial charge in [-0.1, -0.05) is 190 Å². The molecule has 6 heteroatoms. The van der Waals surface area contributed by atoms with Gasteiger partial charge in [0, 0.05) is 19.3 Å². The van der Waals surface area contributed by atoms with Crippen LogP contribution < -0.4 is 0 Å². The van der Waals surface area contributed by atoms with E-state index in [1.54, 1.807) is 0 Å². The summed E-state index contributed by atoms with van der Waals surface area (Å²) in [6.07, 6.45) is 61.6. The number of allylic oxidation sites excluding steroid dienone is 12. The van der Waals surface area contributed by atoms with Crippen molar-refractivity contribution in [1.82, 2.24) is 0 Å². The van der Waals surface area contributed by atoms with Gasteiger partial charge < -0.3 is 14.2 Å². The highest BCUT2D eigenvalue weighted by Crippen LogP contribution is 2.14. The van der Waals surface area contributed by atoms with E-state index >= 15 is 0 Å². The quantitative estimate of drug-likeness (QED) is 0.0200. The molecule has 0 bridgehead atoms. The molecule has 1 unspecified atom stereocenters. The van der Waals surface area contributed by atoms with Crippen LogP contribution in [0.5, 0.6) is 0 Å². The van der Waals surface area contributed by atoms with Crippen LogP contribution in [0.3, 0.4) is 0 Å². The molecule has 0 heterocycles. The number of carbonyl (C=O) groups excluding carboxylic acids is 3. The predicted octanol–water partition coefficient (Wildman–Crippen LogP) is 16.6. The molecule has 0 aliphatic carbocycles. The Morgan fingerprint density at radius 2 is 0.689 bits per heavy atom. The lowest BCUT2D eigenvalue weighted by molar-refractivity contribution is -0.167. The van der Waals surface area contributed by atoms with Gasteiger partial charge in [0.05, 0.1) is 0 Å². The van der Waals surface area contributed by atoms with Gasteiger partial charge in [-0.25, -0.2) is 0 Å². The summed E-state index contributed by atoms with van der Waals surface area (Å²) >= 11 is 0. The summed E-state index contributed by atoms with van der Waals surface area (Å²) in [7, 11) is 0. The first-order chi connectivity index (χ1) is 30.0. The van der Waals surface area contributed by atoms with Crippen LogP contribution in [0.1, 0.15) is 239 Å². The standard InChI is InChI=1S/C55H94O6/c1-4-7-10-13-16-19-22-25-27-29-30-33-36-39-42-45-48-54(57)60-51-52(50-59-53(56)47-44-41-38-35-32-24-21-18-15-12-9-6-3)61-55(58)49-46-43-40-37-34-31-28-26-23-20-17-14-11-8-5-2/h7,10,16-21,23,25-27,52H,4-6,8-9,11-15,22,24,28-51H2,1-3H3/b10-7-,19-16-,20-17-,21-18-,26-23-,27-25-. The Labute approximate surface area is 376 Å². The maximum Gasteiger partial charge on any atom is 0.306 e. The van der Waals surface area contributed by atoms with E-state index in [9.17, 15) is 14.4 Å². The molecule has 0 rings (SSSR count). The van der Waals surface area contributed by atoms with Crippen LogP contribution >= 0.6 is 0 Å². The monoisotopic (exact) mass is 851 g/mol. The van der Waals surface area contributed by atoms with Gasteiger partial charge in [0.25, 0.3) is 0 Å². The Balaban J connectivity index is 4.43. The van der Waals surface area contributed by atoms with Crippen LogP contribution in [0, 0.1) is 0 Å². The number of esters is 3. The van der Waals surface area contributed by atoms with E-state index in [1.807, 2.05) is 0 Å². The fraction of sp³-hybridized carbons (Fsp3) is 0.727. The molecule has 0 fully saturated rings. The van der Waals surface area contributed by atoms with Crippen molar-refractivity contribution in [1.29, 1.82) is 0 Å². The first-order valence-corrected chi connectivity index (χ1v) is 25.5. The van der Waals surface area contributed by atoms with Crippen LogP contribution in [0.25, 0.3) is 0 Å². The first kappa shape index (κ1) is 57.9. The maximum atomic E-state index is 12.8. The molecule has 0 aromatic heterocycles. The Hall–Kier alpha value is -3.15. The number of unbranched alkanes of at least 4 members (excludes halogenated alkanes) is 23. The molecule has 0 aliphatic heterocycles. The minimum absolute atomic E-state index is 0.0892. The van der Waals surface area contributed by atoms with E-state index in [0.29, 0.717) is 19.3 Å². The number of ether oxygens (including phenoxy) is 3. The molecule has 1 atom stereocenters. The minimum Gasteiger partial charge on any atom is -0.462 e. The van der Waals surface area contributed by atoms with Gasteiger partial charge >= 0.3 is 17.9 Å². The highest BCUT2D eigenvalue weighted by molar-refractivity contribution is 5.71. The molecule has 0 spiro atoms. The summed E-state index contributed by atoms with van der Waals surface area (Å²) < 4.78 is 16.8. The predicted molar refractivity (Wildman–Crippen MR) is 261 cm³/mol.